The molecule has 1 aromatic carbocycles. The number of aromatic nitrogens is 2. The van der Waals surface area contributed by atoms with Crippen LogP contribution in [0.4, 0.5) is 5.95 Å². The summed E-state index contributed by atoms with van der Waals surface area (Å²) in [6.45, 7) is 11.1. The zero-order chi connectivity index (χ0) is 21.3. The molecule has 7 nitrogen and oxygen atoms in total. The van der Waals surface area contributed by atoms with Gasteiger partial charge in [-0.05, 0) is 37.3 Å². The van der Waals surface area contributed by atoms with Gasteiger partial charge in [0.2, 0.25) is 5.95 Å². The van der Waals surface area contributed by atoms with Gasteiger partial charge in [0.1, 0.15) is 0 Å². The highest BCUT2D eigenvalue weighted by atomic mass is 15.3. The van der Waals surface area contributed by atoms with Crippen molar-refractivity contribution in [1.29, 1.82) is 0 Å². The van der Waals surface area contributed by atoms with Crippen molar-refractivity contribution in [3.63, 3.8) is 0 Å². The Balaban J connectivity index is 1.23. The van der Waals surface area contributed by atoms with Gasteiger partial charge >= 0.3 is 0 Å². The summed E-state index contributed by atoms with van der Waals surface area (Å²) < 4.78 is 0. The molecule has 2 aliphatic rings. The number of piperazine rings is 1. The Bertz CT molecular complexity index is 803. The van der Waals surface area contributed by atoms with E-state index < -0.39 is 0 Å². The highest BCUT2D eigenvalue weighted by Gasteiger charge is 2.25. The second-order valence-corrected chi connectivity index (χ2v) is 8.40. The summed E-state index contributed by atoms with van der Waals surface area (Å²) in [5.74, 6) is 2.63. The molecular weight excluding hydrogens is 386 g/mol. The number of anilines is 1. The molecule has 1 atom stereocenters. The molecule has 0 bridgehead atoms. The number of rotatable bonds is 7. The van der Waals surface area contributed by atoms with E-state index in [2.05, 4.69) is 67.2 Å². The fraction of sp³-hybridized carbons (Fsp3) is 0.542. The molecule has 1 unspecified atom stereocenters. The van der Waals surface area contributed by atoms with E-state index >= 15 is 0 Å². The van der Waals surface area contributed by atoms with Crippen LogP contribution in [0.3, 0.4) is 0 Å². The molecule has 2 fully saturated rings. The zero-order valence-corrected chi connectivity index (χ0v) is 18.7. The van der Waals surface area contributed by atoms with Crippen LogP contribution in [0, 0.1) is 5.92 Å². The Kier molecular flexibility index (Phi) is 7.71. The molecule has 2 aromatic rings. The average Bonchev–Trinajstić information content (AvgIpc) is 3.28. The number of aliphatic imine (C=N–C) groups is 1. The molecule has 2 aliphatic heterocycles. The standard InChI is InChI=1S/C24H35N7/c1-2-25-23(31-13-9-22(20-31)19-21-7-4-3-5-8-21)28-12-14-29-15-17-30(18-16-29)24-26-10-6-11-27-24/h3-8,10-11,22H,2,9,12-20H2,1H3,(H,25,28). The zero-order valence-electron chi connectivity index (χ0n) is 18.7. The maximum atomic E-state index is 4.96. The Labute approximate surface area is 186 Å². The van der Waals surface area contributed by atoms with Crippen LogP contribution in [0.1, 0.15) is 18.9 Å². The topological polar surface area (TPSA) is 59.9 Å². The van der Waals surface area contributed by atoms with E-state index in [1.54, 1.807) is 0 Å². The summed E-state index contributed by atoms with van der Waals surface area (Å²) in [7, 11) is 0. The van der Waals surface area contributed by atoms with Gasteiger partial charge < -0.3 is 15.1 Å². The SMILES string of the molecule is CCNC(=NCCN1CCN(c2ncccn2)CC1)N1CCC(Cc2ccccc2)C1. The van der Waals surface area contributed by atoms with Crippen molar-refractivity contribution < 1.29 is 0 Å². The van der Waals surface area contributed by atoms with E-state index in [9.17, 15) is 0 Å². The van der Waals surface area contributed by atoms with Crippen molar-refractivity contribution in [2.75, 3.05) is 63.8 Å². The number of hydrogen-bond donors (Lipinski definition) is 1. The summed E-state index contributed by atoms with van der Waals surface area (Å²) in [5.41, 5.74) is 1.44. The van der Waals surface area contributed by atoms with Crippen LogP contribution >= 0.6 is 0 Å². The second kappa shape index (κ2) is 11.1. The van der Waals surface area contributed by atoms with E-state index in [1.807, 2.05) is 18.5 Å². The summed E-state index contributed by atoms with van der Waals surface area (Å²) in [6, 6.07) is 12.7. The van der Waals surface area contributed by atoms with Crippen LogP contribution in [-0.2, 0) is 6.42 Å². The molecule has 0 spiro atoms. The van der Waals surface area contributed by atoms with Gasteiger partial charge in [-0.15, -0.1) is 0 Å². The Morgan fingerprint density at radius 3 is 2.55 bits per heavy atom. The number of nitrogens with one attached hydrogen (secondary N) is 1. The lowest BCUT2D eigenvalue weighted by molar-refractivity contribution is 0.263. The van der Waals surface area contributed by atoms with Crippen LogP contribution < -0.4 is 10.2 Å². The third kappa shape index (κ3) is 6.17. The number of hydrogen-bond acceptors (Lipinski definition) is 5. The van der Waals surface area contributed by atoms with Gasteiger partial charge in [-0.25, -0.2) is 9.97 Å². The van der Waals surface area contributed by atoms with Gasteiger partial charge in [0, 0.05) is 64.8 Å². The molecule has 3 heterocycles. The minimum Gasteiger partial charge on any atom is -0.357 e. The maximum absolute atomic E-state index is 4.96. The minimum absolute atomic E-state index is 0.708. The average molecular weight is 422 g/mol. The molecule has 1 aromatic heterocycles. The molecule has 0 aliphatic carbocycles. The first-order valence-electron chi connectivity index (χ1n) is 11.6. The van der Waals surface area contributed by atoms with Crippen molar-refractivity contribution in [1.82, 2.24) is 25.1 Å². The quantitative estimate of drug-likeness (QED) is 0.546. The maximum Gasteiger partial charge on any atom is 0.225 e. The Morgan fingerprint density at radius 1 is 1.03 bits per heavy atom. The van der Waals surface area contributed by atoms with Gasteiger partial charge in [0.05, 0.1) is 6.54 Å². The van der Waals surface area contributed by atoms with Crippen molar-refractivity contribution in [2.45, 2.75) is 19.8 Å². The monoisotopic (exact) mass is 421 g/mol. The lowest BCUT2D eigenvalue weighted by atomic mass is 9.99. The number of nitrogens with zero attached hydrogens (tertiary/aromatic N) is 6. The fourth-order valence-corrected chi connectivity index (χ4v) is 4.49. The lowest BCUT2D eigenvalue weighted by Gasteiger charge is -2.34. The summed E-state index contributed by atoms with van der Waals surface area (Å²) in [5, 5.41) is 3.51. The molecule has 1 N–H and O–H groups in total. The van der Waals surface area contributed by atoms with E-state index in [1.165, 1.54) is 12.0 Å². The number of benzene rings is 1. The largest absolute Gasteiger partial charge is 0.357 e. The molecule has 31 heavy (non-hydrogen) atoms. The normalized spacial score (nSPS) is 20.3. The predicted octanol–water partition coefficient (Wildman–Crippen LogP) is 2.13. The predicted molar refractivity (Wildman–Crippen MR) is 126 cm³/mol. The van der Waals surface area contributed by atoms with E-state index in [0.29, 0.717) is 5.92 Å². The van der Waals surface area contributed by atoms with Crippen LogP contribution in [-0.4, -0.2) is 84.6 Å². The van der Waals surface area contributed by atoms with E-state index in [4.69, 9.17) is 4.99 Å². The van der Waals surface area contributed by atoms with Crippen LogP contribution in [0.5, 0.6) is 0 Å². The van der Waals surface area contributed by atoms with Gasteiger partial charge in [-0.2, -0.15) is 0 Å². The highest BCUT2D eigenvalue weighted by molar-refractivity contribution is 5.80. The molecule has 4 rings (SSSR count). The molecule has 0 saturated carbocycles. The van der Waals surface area contributed by atoms with Crippen LogP contribution in [0.25, 0.3) is 0 Å². The first kappa shape index (κ1) is 21.6. The second-order valence-electron chi connectivity index (χ2n) is 8.40. The van der Waals surface area contributed by atoms with Crippen molar-refractivity contribution >= 4 is 11.9 Å². The number of guanidine groups is 1. The summed E-state index contributed by atoms with van der Waals surface area (Å²) in [4.78, 5) is 20.9. The number of likely N-dealkylation sites (tertiary alicyclic amines) is 1. The first-order valence-corrected chi connectivity index (χ1v) is 11.6. The van der Waals surface area contributed by atoms with Crippen LogP contribution in [0.15, 0.2) is 53.8 Å². The highest BCUT2D eigenvalue weighted by Crippen LogP contribution is 2.21. The summed E-state index contributed by atoms with van der Waals surface area (Å²) >= 11 is 0. The molecule has 2 saturated heterocycles. The Hall–Kier alpha value is -2.67. The van der Waals surface area contributed by atoms with Gasteiger partial charge in [-0.3, -0.25) is 9.89 Å². The van der Waals surface area contributed by atoms with E-state index in [-0.39, 0.29) is 0 Å². The Morgan fingerprint density at radius 2 is 1.81 bits per heavy atom. The van der Waals surface area contributed by atoms with E-state index in [0.717, 1.165) is 77.2 Å². The molecule has 0 amide bonds. The molecule has 0 radical (unpaired) electrons. The van der Waals surface area contributed by atoms with Crippen molar-refractivity contribution in [3.8, 4) is 0 Å². The van der Waals surface area contributed by atoms with Gasteiger partial charge in [0.25, 0.3) is 0 Å². The fourth-order valence-electron chi connectivity index (χ4n) is 4.49. The lowest BCUT2D eigenvalue weighted by Crippen LogP contribution is -2.48. The smallest absolute Gasteiger partial charge is 0.225 e. The van der Waals surface area contributed by atoms with Gasteiger partial charge in [-0.1, -0.05) is 30.3 Å². The van der Waals surface area contributed by atoms with Crippen molar-refractivity contribution in [3.05, 3.63) is 54.4 Å². The summed E-state index contributed by atoms with van der Waals surface area (Å²) in [6.07, 6.45) is 6.03. The third-order valence-corrected chi connectivity index (χ3v) is 6.17. The first-order chi connectivity index (χ1) is 15.3. The van der Waals surface area contributed by atoms with Crippen molar-refractivity contribution in [2.24, 2.45) is 10.9 Å². The van der Waals surface area contributed by atoms with Crippen LogP contribution in [0.2, 0.25) is 0 Å². The molecule has 166 valence electrons. The van der Waals surface area contributed by atoms with Gasteiger partial charge in [0.15, 0.2) is 5.96 Å². The third-order valence-electron chi connectivity index (χ3n) is 6.17. The molecular formula is C24H35N7. The minimum atomic E-state index is 0.708. The molecule has 7 heteroatoms.